The van der Waals surface area contributed by atoms with E-state index in [-0.39, 0.29) is 5.56 Å². The molecule has 0 saturated carbocycles. The van der Waals surface area contributed by atoms with Crippen LogP contribution in [0.2, 0.25) is 0 Å². The molecule has 0 unspecified atom stereocenters. The Hall–Kier alpha value is -1.24. The van der Waals surface area contributed by atoms with Gasteiger partial charge in [0.05, 0.1) is 18.5 Å². The number of nitrogens with one attached hydrogen (secondary N) is 1. The maximum atomic E-state index is 12.1. The molecule has 0 radical (unpaired) electrons. The summed E-state index contributed by atoms with van der Waals surface area (Å²) < 4.78 is 7.40. The number of aromatic nitrogens is 2. The van der Waals surface area contributed by atoms with Gasteiger partial charge in [-0.2, -0.15) is 0 Å². The Bertz CT molecular complexity index is 564. The smallest absolute Gasteiger partial charge is 0.271 e. The largest absolute Gasteiger partial charge is 0.383 e. The first-order valence-corrected chi connectivity index (χ1v) is 7.33. The molecule has 0 aliphatic rings. The van der Waals surface area contributed by atoms with Crippen LogP contribution in [0.5, 0.6) is 0 Å². The van der Waals surface area contributed by atoms with Crippen molar-refractivity contribution in [3.8, 4) is 0 Å². The standard InChI is InChI=1S/C13H19N3O2S/c1-18-8-6-14-5-2-3-7-16-10-15-11-4-9-19-12(11)13(16)17/h4,9-10,14H,2-3,5-8H2,1H3. The second-order valence-electron chi connectivity index (χ2n) is 4.33. The van der Waals surface area contributed by atoms with Gasteiger partial charge in [-0.1, -0.05) is 0 Å². The molecule has 0 aliphatic heterocycles. The van der Waals surface area contributed by atoms with Crippen LogP contribution in [-0.4, -0.2) is 36.4 Å². The summed E-state index contributed by atoms with van der Waals surface area (Å²) in [5.74, 6) is 0. The zero-order chi connectivity index (χ0) is 13.5. The van der Waals surface area contributed by atoms with Gasteiger partial charge >= 0.3 is 0 Å². The molecule has 2 aromatic heterocycles. The number of aryl methyl sites for hydroxylation is 1. The van der Waals surface area contributed by atoms with Crippen molar-refractivity contribution in [2.45, 2.75) is 19.4 Å². The maximum absolute atomic E-state index is 12.1. The molecule has 0 atom stereocenters. The van der Waals surface area contributed by atoms with Gasteiger partial charge in [-0.25, -0.2) is 4.98 Å². The Morgan fingerprint density at radius 3 is 3.16 bits per heavy atom. The van der Waals surface area contributed by atoms with Crippen molar-refractivity contribution in [3.63, 3.8) is 0 Å². The number of nitrogens with zero attached hydrogens (tertiary/aromatic N) is 2. The summed E-state index contributed by atoms with van der Waals surface area (Å²) in [6.07, 6.45) is 3.66. The van der Waals surface area contributed by atoms with Crippen LogP contribution < -0.4 is 10.9 Å². The molecule has 0 bridgehead atoms. The Morgan fingerprint density at radius 1 is 1.42 bits per heavy atom. The molecule has 2 rings (SSSR count). The van der Waals surface area contributed by atoms with Crippen molar-refractivity contribution in [1.82, 2.24) is 14.9 Å². The van der Waals surface area contributed by atoms with Crippen molar-refractivity contribution >= 4 is 21.6 Å². The highest BCUT2D eigenvalue weighted by Crippen LogP contribution is 2.13. The van der Waals surface area contributed by atoms with E-state index in [0.717, 1.165) is 49.3 Å². The average molecular weight is 281 g/mol. The number of fused-ring (bicyclic) bond motifs is 1. The van der Waals surface area contributed by atoms with Crippen molar-refractivity contribution in [2.75, 3.05) is 26.8 Å². The molecule has 1 N–H and O–H groups in total. The third-order valence-electron chi connectivity index (χ3n) is 2.92. The van der Waals surface area contributed by atoms with Gasteiger partial charge in [0.1, 0.15) is 4.70 Å². The second-order valence-corrected chi connectivity index (χ2v) is 5.24. The monoisotopic (exact) mass is 281 g/mol. The highest BCUT2D eigenvalue weighted by Gasteiger charge is 2.04. The van der Waals surface area contributed by atoms with Gasteiger partial charge in [-0.15, -0.1) is 11.3 Å². The van der Waals surface area contributed by atoms with E-state index in [1.165, 1.54) is 11.3 Å². The molecule has 0 fully saturated rings. The fourth-order valence-corrected chi connectivity index (χ4v) is 2.66. The van der Waals surface area contributed by atoms with Crippen LogP contribution in [0.3, 0.4) is 0 Å². The molecular weight excluding hydrogens is 262 g/mol. The Kier molecular flexibility index (Phi) is 5.50. The van der Waals surface area contributed by atoms with Crippen molar-refractivity contribution in [3.05, 3.63) is 28.1 Å². The highest BCUT2D eigenvalue weighted by molar-refractivity contribution is 7.17. The molecule has 2 heterocycles. The van der Waals surface area contributed by atoms with Crippen molar-refractivity contribution in [1.29, 1.82) is 0 Å². The lowest BCUT2D eigenvalue weighted by Gasteiger charge is -2.06. The average Bonchev–Trinajstić information content (AvgIpc) is 2.89. The van der Waals surface area contributed by atoms with Gasteiger partial charge < -0.3 is 10.1 Å². The lowest BCUT2D eigenvalue weighted by Crippen LogP contribution is -2.22. The third-order valence-corrected chi connectivity index (χ3v) is 3.81. The minimum absolute atomic E-state index is 0.0762. The molecule has 5 nitrogen and oxygen atoms in total. The molecule has 0 aromatic carbocycles. The lowest BCUT2D eigenvalue weighted by atomic mass is 10.3. The molecule has 104 valence electrons. The summed E-state index contributed by atoms with van der Waals surface area (Å²) in [5.41, 5.74) is 0.875. The van der Waals surface area contributed by atoms with Gasteiger partial charge in [0.15, 0.2) is 0 Å². The van der Waals surface area contributed by atoms with E-state index in [1.54, 1.807) is 18.0 Å². The summed E-state index contributed by atoms with van der Waals surface area (Å²) in [5, 5.41) is 5.19. The van der Waals surface area contributed by atoms with E-state index in [4.69, 9.17) is 4.74 Å². The first kappa shape index (κ1) is 14.2. The zero-order valence-electron chi connectivity index (χ0n) is 11.1. The van der Waals surface area contributed by atoms with Crippen LogP contribution >= 0.6 is 11.3 Å². The Morgan fingerprint density at radius 2 is 2.32 bits per heavy atom. The number of hydrogen-bond acceptors (Lipinski definition) is 5. The van der Waals surface area contributed by atoms with Gasteiger partial charge in [0.25, 0.3) is 5.56 Å². The topological polar surface area (TPSA) is 56.1 Å². The second kappa shape index (κ2) is 7.37. The molecule has 19 heavy (non-hydrogen) atoms. The predicted octanol–water partition coefficient (Wildman–Crippen LogP) is 1.47. The quantitative estimate of drug-likeness (QED) is 0.745. The fourth-order valence-electron chi connectivity index (χ4n) is 1.87. The Balaban J connectivity index is 1.78. The lowest BCUT2D eigenvalue weighted by molar-refractivity contribution is 0.199. The minimum atomic E-state index is 0.0762. The highest BCUT2D eigenvalue weighted by atomic mass is 32.1. The summed E-state index contributed by atoms with van der Waals surface area (Å²) in [6.45, 7) is 3.29. The van der Waals surface area contributed by atoms with E-state index in [2.05, 4.69) is 10.3 Å². The van der Waals surface area contributed by atoms with Gasteiger partial charge in [0.2, 0.25) is 0 Å². The van der Waals surface area contributed by atoms with E-state index >= 15 is 0 Å². The zero-order valence-corrected chi connectivity index (χ0v) is 11.9. The van der Waals surface area contributed by atoms with Crippen LogP contribution in [0.4, 0.5) is 0 Å². The van der Waals surface area contributed by atoms with Crippen LogP contribution in [0.1, 0.15) is 12.8 Å². The van der Waals surface area contributed by atoms with E-state index < -0.39 is 0 Å². The summed E-state index contributed by atoms with van der Waals surface area (Å²) in [7, 11) is 1.70. The van der Waals surface area contributed by atoms with Gasteiger partial charge in [-0.05, 0) is 30.8 Å². The SMILES string of the molecule is COCCNCCCCn1cnc2ccsc2c1=O. The minimum Gasteiger partial charge on any atom is -0.383 e. The summed E-state index contributed by atoms with van der Waals surface area (Å²) in [4.78, 5) is 16.4. The number of methoxy groups -OCH3 is 1. The normalized spacial score (nSPS) is 11.2. The Labute approximate surface area is 116 Å². The molecule has 6 heteroatoms. The number of thiophene rings is 1. The molecule has 0 amide bonds. The van der Waals surface area contributed by atoms with Crippen molar-refractivity contribution < 1.29 is 4.74 Å². The molecular formula is C13H19N3O2S. The molecule has 2 aromatic rings. The van der Waals surface area contributed by atoms with E-state index in [0.29, 0.717) is 0 Å². The van der Waals surface area contributed by atoms with E-state index in [9.17, 15) is 4.79 Å². The van der Waals surface area contributed by atoms with Crippen molar-refractivity contribution in [2.24, 2.45) is 0 Å². The first-order valence-electron chi connectivity index (χ1n) is 6.45. The number of unbranched alkanes of at least 4 members (excludes halogenated alkanes) is 1. The maximum Gasteiger partial charge on any atom is 0.271 e. The molecule has 0 aliphatic carbocycles. The van der Waals surface area contributed by atoms with Crippen LogP contribution in [-0.2, 0) is 11.3 Å². The first-order chi connectivity index (χ1) is 9.33. The molecule has 0 spiro atoms. The van der Waals surface area contributed by atoms with E-state index in [1.807, 2.05) is 11.4 Å². The number of hydrogen-bond donors (Lipinski definition) is 1. The van der Waals surface area contributed by atoms with Crippen LogP contribution in [0.25, 0.3) is 10.2 Å². The van der Waals surface area contributed by atoms with Crippen LogP contribution in [0.15, 0.2) is 22.6 Å². The summed E-state index contributed by atoms with van der Waals surface area (Å²) in [6, 6.07) is 1.88. The molecule has 0 saturated heterocycles. The number of ether oxygens (including phenoxy) is 1. The fraction of sp³-hybridized carbons (Fsp3) is 0.538. The summed E-state index contributed by atoms with van der Waals surface area (Å²) >= 11 is 1.46. The third kappa shape index (κ3) is 3.86. The predicted molar refractivity (Wildman–Crippen MR) is 77.9 cm³/mol. The van der Waals surface area contributed by atoms with Gasteiger partial charge in [0, 0.05) is 20.2 Å². The number of rotatable bonds is 8. The van der Waals surface area contributed by atoms with Crippen LogP contribution in [0, 0.1) is 0 Å². The van der Waals surface area contributed by atoms with Gasteiger partial charge in [-0.3, -0.25) is 9.36 Å².